The minimum atomic E-state index is -0.831. The average molecular weight is 727 g/mol. The van der Waals surface area contributed by atoms with E-state index in [-0.39, 0.29) is 11.5 Å². The summed E-state index contributed by atoms with van der Waals surface area (Å²) in [5, 5.41) is 2.97. The van der Waals surface area contributed by atoms with Crippen molar-refractivity contribution in [1.82, 2.24) is 4.57 Å². The van der Waals surface area contributed by atoms with Crippen LogP contribution in [0.2, 0.25) is 0 Å². The fourth-order valence-corrected chi connectivity index (χ4v) is 7.14. The molecule has 1 atom stereocenters. The van der Waals surface area contributed by atoms with E-state index in [4.69, 9.17) is 23.9 Å². The second-order valence-corrected chi connectivity index (χ2v) is 12.7. The van der Waals surface area contributed by atoms with E-state index in [9.17, 15) is 9.59 Å². The maximum absolute atomic E-state index is 14.3. The van der Waals surface area contributed by atoms with Gasteiger partial charge in [-0.2, -0.15) is 0 Å². The molecule has 1 amide bonds. The lowest BCUT2D eigenvalue weighted by molar-refractivity contribution is -0.113. The lowest BCUT2D eigenvalue weighted by Crippen LogP contribution is -2.40. The highest BCUT2D eigenvalue weighted by Crippen LogP contribution is 2.39. The molecular weight excluding hydrogens is 694 g/mol. The van der Waals surface area contributed by atoms with E-state index in [0.717, 1.165) is 5.56 Å². The molecule has 1 N–H and O–H groups in total. The van der Waals surface area contributed by atoms with Crippen LogP contribution in [-0.2, 0) is 11.4 Å². The number of halogens is 1. The smallest absolute Gasteiger partial charge is 0.271 e. The Morgan fingerprint density at radius 3 is 2.33 bits per heavy atom. The van der Waals surface area contributed by atoms with E-state index < -0.39 is 6.04 Å². The van der Waals surface area contributed by atoms with Crippen LogP contribution in [0.1, 0.15) is 29.7 Å². The highest BCUT2D eigenvalue weighted by Gasteiger charge is 2.34. The van der Waals surface area contributed by atoms with Crippen LogP contribution in [0.5, 0.6) is 23.0 Å². The van der Waals surface area contributed by atoms with Crippen LogP contribution in [0.3, 0.4) is 0 Å². The number of allylic oxidation sites excluding steroid dienone is 1. The summed E-state index contributed by atoms with van der Waals surface area (Å²) in [6, 6.07) is 27.2. The van der Waals surface area contributed by atoms with Gasteiger partial charge in [0.25, 0.3) is 11.5 Å². The molecule has 48 heavy (non-hydrogen) atoms. The van der Waals surface area contributed by atoms with Crippen LogP contribution in [0.15, 0.2) is 117 Å². The van der Waals surface area contributed by atoms with Crippen molar-refractivity contribution in [3.8, 4) is 23.0 Å². The van der Waals surface area contributed by atoms with Gasteiger partial charge in [0.1, 0.15) is 24.1 Å². The van der Waals surface area contributed by atoms with Crippen LogP contribution in [0, 0.1) is 0 Å². The van der Waals surface area contributed by atoms with E-state index >= 15 is 0 Å². The second-order valence-electron chi connectivity index (χ2n) is 10.8. The van der Waals surface area contributed by atoms with E-state index in [1.165, 1.54) is 11.3 Å². The van der Waals surface area contributed by atoms with Crippen LogP contribution in [-0.4, -0.2) is 31.8 Å². The van der Waals surface area contributed by atoms with Crippen LogP contribution >= 0.6 is 27.3 Å². The van der Waals surface area contributed by atoms with Gasteiger partial charge in [0, 0.05) is 17.3 Å². The topological polar surface area (TPSA) is 100 Å². The fraction of sp³-hybridized carbons (Fsp3) is 0.162. The Morgan fingerprint density at radius 1 is 0.938 bits per heavy atom. The monoisotopic (exact) mass is 725 g/mol. The SMILES string of the molecule is COc1ccc([C@@H]2C(C(=O)Nc3ccccc3)=C(C)N=c3s/c(=C\c4cc(Br)c(OCc5ccccc5)c(OC)c4)c(=O)n32)c(OC)c1. The molecule has 1 aromatic heterocycles. The van der Waals surface area contributed by atoms with Gasteiger partial charge in [0.15, 0.2) is 16.3 Å². The minimum Gasteiger partial charge on any atom is -0.497 e. The maximum atomic E-state index is 14.3. The van der Waals surface area contributed by atoms with Gasteiger partial charge in [-0.05, 0) is 76.5 Å². The molecule has 5 aromatic rings. The molecule has 4 aromatic carbocycles. The largest absolute Gasteiger partial charge is 0.497 e. The van der Waals surface area contributed by atoms with Crippen molar-refractivity contribution in [2.24, 2.45) is 4.99 Å². The molecule has 9 nitrogen and oxygen atoms in total. The third kappa shape index (κ3) is 6.65. The lowest BCUT2D eigenvalue weighted by Gasteiger charge is -2.26. The molecule has 0 aliphatic carbocycles. The molecule has 0 spiro atoms. The number of benzene rings is 4. The minimum absolute atomic E-state index is 0.307. The van der Waals surface area contributed by atoms with E-state index in [1.54, 1.807) is 63.2 Å². The first-order valence-electron chi connectivity index (χ1n) is 15.0. The summed E-state index contributed by atoms with van der Waals surface area (Å²) in [7, 11) is 4.68. The molecule has 2 heterocycles. The van der Waals surface area contributed by atoms with Gasteiger partial charge in [0.05, 0.1) is 41.6 Å². The van der Waals surface area contributed by atoms with Gasteiger partial charge in [0.2, 0.25) is 0 Å². The second kappa shape index (κ2) is 14.3. The molecule has 0 unspecified atom stereocenters. The predicted octanol–water partition coefficient (Wildman–Crippen LogP) is 6.24. The Balaban J connectivity index is 1.45. The summed E-state index contributed by atoms with van der Waals surface area (Å²) in [6.07, 6.45) is 1.78. The van der Waals surface area contributed by atoms with E-state index in [1.807, 2.05) is 66.7 Å². The summed E-state index contributed by atoms with van der Waals surface area (Å²) >= 11 is 4.87. The molecule has 1 aliphatic heterocycles. The Bertz CT molecular complexity index is 2200. The van der Waals surface area contributed by atoms with Gasteiger partial charge in [-0.25, -0.2) is 4.99 Å². The number of hydrogen-bond donors (Lipinski definition) is 1. The number of thiazole rings is 1. The molecule has 6 rings (SSSR count). The zero-order chi connectivity index (χ0) is 33.8. The Hall–Kier alpha value is -5.13. The van der Waals surface area contributed by atoms with Crippen molar-refractivity contribution in [2.75, 3.05) is 26.6 Å². The van der Waals surface area contributed by atoms with Gasteiger partial charge in [-0.3, -0.25) is 14.2 Å². The van der Waals surface area contributed by atoms with Crippen LogP contribution in [0.25, 0.3) is 6.08 Å². The number of ether oxygens (including phenoxy) is 4. The summed E-state index contributed by atoms with van der Waals surface area (Å²) in [5.74, 6) is 1.73. The summed E-state index contributed by atoms with van der Waals surface area (Å²) in [5.41, 5.74) is 3.48. The van der Waals surface area contributed by atoms with Crippen molar-refractivity contribution in [1.29, 1.82) is 0 Å². The normalized spacial score (nSPS) is 14.2. The number of anilines is 1. The van der Waals surface area contributed by atoms with E-state index in [2.05, 4.69) is 21.2 Å². The number of amides is 1. The summed E-state index contributed by atoms with van der Waals surface area (Å²) < 4.78 is 25.6. The summed E-state index contributed by atoms with van der Waals surface area (Å²) in [4.78, 5) is 33.5. The maximum Gasteiger partial charge on any atom is 0.271 e. The molecule has 0 saturated heterocycles. The van der Waals surface area contributed by atoms with Crippen LogP contribution < -0.4 is 39.2 Å². The van der Waals surface area contributed by atoms with E-state index in [0.29, 0.717) is 71.5 Å². The number of para-hydroxylation sites is 1. The lowest BCUT2D eigenvalue weighted by atomic mass is 9.94. The third-order valence-electron chi connectivity index (χ3n) is 7.81. The zero-order valence-electron chi connectivity index (χ0n) is 26.7. The summed E-state index contributed by atoms with van der Waals surface area (Å²) in [6.45, 7) is 2.14. The molecule has 0 bridgehead atoms. The number of nitrogens with zero attached hydrogens (tertiary/aromatic N) is 2. The molecular formula is C37H32BrN3O6S. The van der Waals surface area contributed by atoms with Crippen molar-refractivity contribution in [3.63, 3.8) is 0 Å². The first-order chi connectivity index (χ1) is 23.3. The fourth-order valence-electron chi connectivity index (χ4n) is 5.51. The Labute approximate surface area is 289 Å². The molecule has 0 saturated carbocycles. The Morgan fingerprint density at radius 2 is 1.65 bits per heavy atom. The highest BCUT2D eigenvalue weighted by atomic mass is 79.9. The predicted molar refractivity (Wildman–Crippen MR) is 190 cm³/mol. The van der Waals surface area contributed by atoms with Gasteiger partial charge in [-0.1, -0.05) is 59.9 Å². The number of aromatic nitrogens is 1. The number of carbonyl (C=O) groups excluding carboxylic acids is 1. The number of carbonyl (C=O) groups is 1. The number of fused-ring (bicyclic) bond motifs is 1. The highest BCUT2D eigenvalue weighted by molar-refractivity contribution is 9.10. The molecule has 11 heteroatoms. The van der Waals surface area contributed by atoms with Gasteiger partial charge in [-0.15, -0.1) is 0 Å². The average Bonchev–Trinajstić information content (AvgIpc) is 3.40. The van der Waals surface area contributed by atoms with Crippen molar-refractivity contribution < 1.29 is 23.7 Å². The quantitative estimate of drug-likeness (QED) is 0.183. The number of nitrogens with one attached hydrogen (secondary N) is 1. The number of rotatable bonds is 10. The number of methoxy groups -OCH3 is 3. The molecule has 0 fully saturated rings. The Kier molecular flexibility index (Phi) is 9.79. The van der Waals surface area contributed by atoms with Crippen molar-refractivity contribution in [3.05, 3.63) is 143 Å². The molecule has 244 valence electrons. The van der Waals surface area contributed by atoms with Crippen molar-refractivity contribution >= 4 is 44.9 Å². The number of hydrogen-bond acceptors (Lipinski definition) is 8. The standard InChI is InChI=1S/C37H32BrN3O6S/c1-22-32(35(42)40-25-13-9-6-10-14-25)33(27-16-15-26(44-2)20-29(27)45-3)41-36(43)31(48-37(41)39-22)19-24-17-28(38)34(30(18-24)46-4)47-21-23-11-7-5-8-12-23/h5-20,33H,21H2,1-4H3,(H,40,42)/b31-19-/t33-/m1/s1. The first-order valence-corrected chi connectivity index (χ1v) is 16.6. The van der Waals surface area contributed by atoms with Crippen LogP contribution in [0.4, 0.5) is 5.69 Å². The van der Waals surface area contributed by atoms with Crippen molar-refractivity contribution in [2.45, 2.75) is 19.6 Å². The van der Waals surface area contributed by atoms with Gasteiger partial charge < -0.3 is 24.3 Å². The molecule has 1 aliphatic rings. The third-order valence-corrected chi connectivity index (χ3v) is 9.38. The first kappa shape index (κ1) is 32.8. The van der Waals surface area contributed by atoms with Gasteiger partial charge >= 0.3 is 0 Å². The zero-order valence-corrected chi connectivity index (χ0v) is 29.1. The molecule has 0 radical (unpaired) electrons.